The van der Waals surface area contributed by atoms with Crippen molar-refractivity contribution in [2.45, 2.75) is 25.8 Å². The van der Waals surface area contributed by atoms with E-state index in [0.29, 0.717) is 30.8 Å². The van der Waals surface area contributed by atoms with Gasteiger partial charge >= 0.3 is 5.97 Å². The molecule has 0 radical (unpaired) electrons. The lowest BCUT2D eigenvalue weighted by Gasteiger charge is -2.31. The van der Waals surface area contributed by atoms with Crippen molar-refractivity contribution < 1.29 is 19.5 Å². The molecule has 1 aliphatic rings. The van der Waals surface area contributed by atoms with Crippen LogP contribution >= 0.6 is 11.3 Å². The molecule has 1 aromatic heterocycles. The van der Waals surface area contributed by atoms with Gasteiger partial charge in [0.2, 0.25) is 11.8 Å². The number of carbonyl (C=O) groups excluding carboxylic acids is 2. The predicted octanol–water partition coefficient (Wildman–Crippen LogP) is 1.25. The summed E-state index contributed by atoms with van der Waals surface area (Å²) in [5, 5.41) is 13.6. The van der Waals surface area contributed by atoms with E-state index in [0.717, 1.165) is 0 Å². The van der Waals surface area contributed by atoms with Crippen LogP contribution in [0.25, 0.3) is 0 Å². The normalized spacial score (nSPS) is 17.3. The van der Waals surface area contributed by atoms with Crippen LogP contribution < -0.4 is 5.32 Å². The first-order chi connectivity index (χ1) is 9.99. The van der Waals surface area contributed by atoms with Gasteiger partial charge in [-0.15, -0.1) is 11.3 Å². The number of carboxylic acids is 1. The third-order valence-corrected chi connectivity index (χ3v) is 4.61. The lowest BCUT2D eigenvalue weighted by atomic mass is 9.95. The summed E-state index contributed by atoms with van der Waals surface area (Å²) in [5.41, 5.74) is 0. The molecule has 2 amide bonds. The first-order valence-corrected chi connectivity index (χ1v) is 7.69. The standard InChI is InChI=1S/C14H18N2O4S/c1-9(17)16-6-4-10(5-7-16)13(18)15-12(14(19)20)11-3-2-8-21-11/h2-3,8,10,12H,4-7H2,1H3,(H,15,18)(H,19,20). The average molecular weight is 310 g/mol. The maximum Gasteiger partial charge on any atom is 0.331 e. The molecule has 21 heavy (non-hydrogen) atoms. The van der Waals surface area contributed by atoms with E-state index in [-0.39, 0.29) is 17.7 Å². The molecule has 1 fully saturated rings. The summed E-state index contributed by atoms with van der Waals surface area (Å²) in [6.45, 7) is 2.60. The summed E-state index contributed by atoms with van der Waals surface area (Å²) >= 11 is 1.30. The molecule has 1 aromatic rings. The fourth-order valence-electron chi connectivity index (χ4n) is 2.43. The molecule has 1 saturated heterocycles. The zero-order chi connectivity index (χ0) is 15.4. The van der Waals surface area contributed by atoms with Crippen molar-refractivity contribution in [3.8, 4) is 0 Å². The van der Waals surface area contributed by atoms with Gasteiger partial charge < -0.3 is 15.3 Å². The van der Waals surface area contributed by atoms with Crippen LogP contribution in [0, 0.1) is 5.92 Å². The highest BCUT2D eigenvalue weighted by Gasteiger charge is 2.30. The van der Waals surface area contributed by atoms with E-state index >= 15 is 0 Å². The SMILES string of the molecule is CC(=O)N1CCC(C(=O)NC(C(=O)O)c2cccs2)CC1. The summed E-state index contributed by atoms with van der Waals surface area (Å²) in [6.07, 6.45) is 1.14. The van der Waals surface area contributed by atoms with Crippen molar-refractivity contribution in [1.82, 2.24) is 10.2 Å². The number of amides is 2. The first kappa shape index (κ1) is 15.5. The van der Waals surface area contributed by atoms with Crippen LogP contribution in [-0.4, -0.2) is 40.9 Å². The van der Waals surface area contributed by atoms with Gasteiger partial charge in [0.1, 0.15) is 0 Å². The third kappa shape index (κ3) is 3.81. The van der Waals surface area contributed by atoms with E-state index in [2.05, 4.69) is 5.32 Å². The Bertz CT molecular complexity index is 521. The summed E-state index contributed by atoms with van der Waals surface area (Å²) < 4.78 is 0. The van der Waals surface area contributed by atoms with E-state index in [1.54, 1.807) is 22.4 Å². The number of piperidine rings is 1. The van der Waals surface area contributed by atoms with Crippen molar-refractivity contribution in [2.24, 2.45) is 5.92 Å². The number of nitrogens with one attached hydrogen (secondary N) is 1. The minimum atomic E-state index is -1.06. The minimum absolute atomic E-state index is 0.0101. The molecular weight excluding hydrogens is 292 g/mol. The van der Waals surface area contributed by atoms with Gasteiger partial charge in [-0.1, -0.05) is 6.07 Å². The van der Waals surface area contributed by atoms with Crippen molar-refractivity contribution in [2.75, 3.05) is 13.1 Å². The van der Waals surface area contributed by atoms with E-state index in [9.17, 15) is 19.5 Å². The number of likely N-dealkylation sites (tertiary alicyclic amines) is 1. The number of carboxylic acid groups (broad SMARTS) is 1. The Morgan fingerprint density at radius 3 is 2.52 bits per heavy atom. The van der Waals surface area contributed by atoms with Gasteiger partial charge in [-0.3, -0.25) is 9.59 Å². The zero-order valence-corrected chi connectivity index (χ0v) is 12.6. The second kappa shape index (κ2) is 6.71. The fourth-order valence-corrected chi connectivity index (χ4v) is 3.19. The molecule has 6 nitrogen and oxygen atoms in total. The fraction of sp³-hybridized carbons (Fsp3) is 0.500. The topological polar surface area (TPSA) is 86.7 Å². The number of aliphatic carboxylic acids is 1. The molecule has 0 aliphatic carbocycles. The van der Waals surface area contributed by atoms with E-state index in [1.165, 1.54) is 18.3 Å². The zero-order valence-electron chi connectivity index (χ0n) is 11.7. The molecule has 1 unspecified atom stereocenters. The molecule has 2 heterocycles. The molecule has 2 N–H and O–H groups in total. The summed E-state index contributed by atoms with van der Waals surface area (Å²) in [5.74, 6) is -1.54. The van der Waals surface area contributed by atoms with E-state index < -0.39 is 12.0 Å². The van der Waals surface area contributed by atoms with Crippen LogP contribution in [0.3, 0.4) is 0 Å². The number of hydrogen-bond acceptors (Lipinski definition) is 4. The van der Waals surface area contributed by atoms with Crippen LogP contribution in [0.1, 0.15) is 30.7 Å². The minimum Gasteiger partial charge on any atom is -0.479 e. The Labute approximate surface area is 126 Å². The Hall–Kier alpha value is -1.89. The Kier molecular flexibility index (Phi) is 4.95. The summed E-state index contributed by atoms with van der Waals surface area (Å²) in [4.78, 5) is 37.1. The predicted molar refractivity (Wildman–Crippen MR) is 77.8 cm³/mol. The van der Waals surface area contributed by atoms with Crippen LogP contribution in [0.15, 0.2) is 17.5 Å². The molecule has 0 spiro atoms. The van der Waals surface area contributed by atoms with Gasteiger partial charge in [-0.25, -0.2) is 4.79 Å². The first-order valence-electron chi connectivity index (χ1n) is 6.81. The van der Waals surface area contributed by atoms with Gasteiger partial charge in [-0.2, -0.15) is 0 Å². The average Bonchev–Trinajstić information content (AvgIpc) is 2.98. The number of rotatable bonds is 4. The number of thiophene rings is 1. The monoisotopic (exact) mass is 310 g/mol. The molecule has 0 saturated carbocycles. The molecular formula is C14H18N2O4S. The van der Waals surface area contributed by atoms with Crippen molar-refractivity contribution in [3.63, 3.8) is 0 Å². The summed E-state index contributed by atoms with van der Waals surface area (Å²) in [6, 6.07) is 2.46. The van der Waals surface area contributed by atoms with Crippen LogP contribution in [0.4, 0.5) is 0 Å². The van der Waals surface area contributed by atoms with Gasteiger partial charge in [0.05, 0.1) is 0 Å². The summed E-state index contributed by atoms with van der Waals surface area (Å²) in [7, 11) is 0. The van der Waals surface area contributed by atoms with E-state index in [1.807, 2.05) is 0 Å². The van der Waals surface area contributed by atoms with Crippen molar-refractivity contribution in [1.29, 1.82) is 0 Å². The smallest absolute Gasteiger partial charge is 0.331 e. The molecule has 7 heteroatoms. The second-order valence-electron chi connectivity index (χ2n) is 5.08. The molecule has 0 bridgehead atoms. The third-order valence-electron chi connectivity index (χ3n) is 3.67. The van der Waals surface area contributed by atoms with Gasteiger partial charge in [0, 0.05) is 30.8 Å². The molecule has 1 atom stereocenters. The Morgan fingerprint density at radius 1 is 1.38 bits per heavy atom. The van der Waals surface area contributed by atoms with E-state index in [4.69, 9.17) is 0 Å². The number of nitrogens with zero attached hydrogens (tertiary/aromatic N) is 1. The maximum absolute atomic E-state index is 12.2. The number of carbonyl (C=O) groups is 3. The lowest BCUT2D eigenvalue weighted by Crippen LogP contribution is -2.44. The lowest BCUT2D eigenvalue weighted by molar-refractivity contribution is -0.143. The largest absolute Gasteiger partial charge is 0.479 e. The number of hydrogen-bond donors (Lipinski definition) is 2. The molecule has 0 aromatic carbocycles. The van der Waals surface area contributed by atoms with Crippen LogP contribution in [-0.2, 0) is 14.4 Å². The molecule has 1 aliphatic heterocycles. The van der Waals surface area contributed by atoms with Gasteiger partial charge in [0.25, 0.3) is 0 Å². The molecule has 114 valence electrons. The van der Waals surface area contributed by atoms with Gasteiger partial charge in [0.15, 0.2) is 6.04 Å². The van der Waals surface area contributed by atoms with Crippen molar-refractivity contribution in [3.05, 3.63) is 22.4 Å². The van der Waals surface area contributed by atoms with Crippen LogP contribution in [0.5, 0.6) is 0 Å². The Morgan fingerprint density at radius 2 is 2.05 bits per heavy atom. The van der Waals surface area contributed by atoms with Gasteiger partial charge in [-0.05, 0) is 24.3 Å². The van der Waals surface area contributed by atoms with Crippen LogP contribution in [0.2, 0.25) is 0 Å². The second-order valence-corrected chi connectivity index (χ2v) is 6.05. The quantitative estimate of drug-likeness (QED) is 0.876. The highest BCUT2D eigenvalue weighted by Crippen LogP contribution is 2.22. The highest BCUT2D eigenvalue weighted by atomic mass is 32.1. The maximum atomic E-state index is 12.2. The highest BCUT2D eigenvalue weighted by molar-refractivity contribution is 7.10. The van der Waals surface area contributed by atoms with Crippen molar-refractivity contribution >= 4 is 29.1 Å². The Balaban J connectivity index is 1.94. The molecule has 2 rings (SSSR count).